The van der Waals surface area contributed by atoms with Crippen molar-refractivity contribution in [2.75, 3.05) is 0 Å². The van der Waals surface area contributed by atoms with Gasteiger partial charge in [-0.25, -0.2) is 4.68 Å². The molecule has 6 nitrogen and oxygen atoms in total. The maximum Gasteiger partial charge on any atom is 0.249 e. The molecule has 2 atom stereocenters. The van der Waals surface area contributed by atoms with Gasteiger partial charge in [0.2, 0.25) is 5.91 Å². The lowest BCUT2D eigenvalue weighted by atomic mass is 10.1. The molecule has 100 valence electrons. The van der Waals surface area contributed by atoms with E-state index in [9.17, 15) is 4.79 Å². The largest absolute Gasteiger partial charge is 0.351 e. The Bertz CT molecular complexity index is 511. The molecule has 1 heterocycles. The summed E-state index contributed by atoms with van der Waals surface area (Å²) in [4.78, 5) is 12.4. The molecule has 2 rings (SSSR count). The molecule has 1 N–H and O–H groups in total. The predicted octanol–water partition coefficient (Wildman–Crippen LogP) is 1.18. The van der Waals surface area contributed by atoms with Crippen LogP contribution in [0.3, 0.4) is 0 Å². The van der Waals surface area contributed by atoms with E-state index in [1.807, 2.05) is 44.2 Å². The monoisotopic (exact) mass is 259 g/mol. The van der Waals surface area contributed by atoms with E-state index in [0.29, 0.717) is 0 Å². The molecule has 1 unspecified atom stereocenters. The zero-order chi connectivity index (χ0) is 13.7. The van der Waals surface area contributed by atoms with Crippen molar-refractivity contribution < 1.29 is 4.79 Å². The van der Waals surface area contributed by atoms with E-state index < -0.39 is 6.04 Å². The van der Waals surface area contributed by atoms with Crippen LogP contribution in [0.1, 0.15) is 31.9 Å². The molecule has 0 aliphatic carbocycles. The Morgan fingerprint density at radius 2 is 2.11 bits per heavy atom. The highest BCUT2D eigenvalue weighted by atomic mass is 16.2. The molecule has 1 amide bonds. The molecule has 0 bridgehead atoms. The highest BCUT2D eigenvalue weighted by Crippen LogP contribution is 2.17. The van der Waals surface area contributed by atoms with Crippen LogP contribution < -0.4 is 5.32 Å². The normalized spacial score (nSPS) is 13.8. The molecule has 0 radical (unpaired) electrons. The maximum atomic E-state index is 12.4. The van der Waals surface area contributed by atoms with Crippen LogP contribution in [-0.2, 0) is 4.79 Å². The number of hydrogen-bond donors (Lipinski definition) is 1. The first-order chi connectivity index (χ1) is 9.22. The van der Waals surface area contributed by atoms with Gasteiger partial charge in [-0.3, -0.25) is 4.79 Å². The molecule has 1 aromatic heterocycles. The van der Waals surface area contributed by atoms with E-state index in [2.05, 4.69) is 20.8 Å². The predicted molar refractivity (Wildman–Crippen MR) is 70.3 cm³/mol. The summed E-state index contributed by atoms with van der Waals surface area (Å²) in [6, 6.07) is 9.06. The summed E-state index contributed by atoms with van der Waals surface area (Å²) < 4.78 is 1.47. The minimum Gasteiger partial charge on any atom is -0.351 e. The van der Waals surface area contributed by atoms with Crippen molar-refractivity contribution in [3.05, 3.63) is 42.2 Å². The number of carbonyl (C=O) groups is 1. The molecule has 0 fully saturated rings. The number of rotatable bonds is 5. The Hall–Kier alpha value is -2.24. The van der Waals surface area contributed by atoms with Gasteiger partial charge in [-0.05, 0) is 29.3 Å². The van der Waals surface area contributed by atoms with E-state index in [0.717, 1.165) is 12.0 Å². The molecule has 19 heavy (non-hydrogen) atoms. The number of tetrazole rings is 1. The summed E-state index contributed by atoms with van der Waals surface area (Å²) in [5, 5.41) is 14.0. The van der Waals surface area contributed by atoms with Crippen molar-refractivity contribution in [1.29, 1.82) is 0 Å². The summed E-state index contributed by atoms with van der Waals surface area (Å²) in [5.41, 5.74) is 0.857. The SMILES string of the molecule is CCC(C)NC(=O)[C@@H](c1ccccc1)n1cnnn1. The van der Waals surface area contributed by atoms with E-state index in [-0.39, 0.29) is 11.9 Å². The van der Waals surface area contributed by atoms with Gasteiger partial charge in [0.1, 0.15) is 6.33 Å². The quantitative estimate of drug-likeness (QED) is 0.875. The molecule has 0 aliphatic heterocycles. The van der Waals surface area contributed by atoms with Crippen LogP contribution in [0.15, 0.2) is 36.7 Å². The lowest BCUT2D eigenvalue weighted by Gasteiger charge is -2.19. The van der Waals surface area contributed by atoms with Crippen molar-refractivity contribution in [3.63, 3.8) is 0 Å². The van der Waals surface area contributed by atoms with E-state index in [1.165, 1.54) is 11.0 Å². The van der Waals surface area contributed by atoms with Crippen LogP contribution in [0.4, 0.5) is 0 Å². The summed E-state index contributed by atoms with van der Waals surface area (Å²) in [6.45, 7) is 4.00. The van der Waals surface area contributed by atoms with Crippen molar-refractivity contribution >= 4 is 5.91 Å². The minimum absolute atomic E-state index is 0.104. The zero-order valence-corrected chi connectivity index (χ0v) is 11.0. The van der Waals surface area contributed by atoms with Crippen molar-refractivity contribution in [2.24, 2.45) is 0 Å². The second-order valence-corrected chi connectivity index (χ2v) is 4.42. The molecule has 1 aromatic carbocycles. The second kappa shape index (κ2) is 6.08. The molecular formula is C13H17N5O. The third kappa shape index (κ3) is 3.15. The average Bonchev–Trinajstić information content (AvgIpc) is 2.94. The molecule has 0 saturated carbocycles. The van der Waals surface area contributed by atoms with Crippen LogP contribution >= 0.6 is 0 Å². The van der Waals surface area contributed by atoms with Gasteiger partial charge in [-0.2, -0.15) is 0 Å². The molecule has 2 aromatic rings. The van der Waals surface area contributed by atoms with Gasteiger partial charge >= 0.3 is 0 Å². The first-order valence-electron chi connectivity index (χ1n) is 6.30. The Labute approximate surface area is 111 Å². The number of nitrogens with one attached hydrogen (secondary N) is 1. The fraction of sp³-hybridized carbons (Fsp3) is 0.385. The van der Waals surface area contributed by atoms with Crippen molar-refractivity contribution in [1.82, 2.24) is 25.5 Å². The van der Waals surface area contributed by atoms with E-state index in [4.69, 9.17) is 0 Å². The number of amides is 1. The number of nitrogens with zero attached hydrogens (tertiary/aromatic N) is 4. The molecule has 0 saturated heterocycles. The molecular weight excluding hydrogens is 242 g/mol. The van der Waals surface area contributed by atoms with Gasteiger partial charge in [0.05, 0.1) is 0 Å². The first-order valence-corrected chi connectivity index (χ1v) is 6.30. The summed E-state index contributed by atoms with van der Waals surface area (Å²) in [7, 11) is 0. The topological polar surface area (TPSA) is 72.7 Å². The highest BCUT2D eigenvalue weighted by Gasteiger charge is 2.24. The van der Waals surface area contributed by atoms with Crippen molar-refractivity contribution in [3.8, 4) is 0 Å². The minimum atomic E-state index is -0.537. The number of aromatic nitrogens is 4. The Kier molecular flexibility index (Phi) is 4.22. The Morgan fingerprint density at radius 3 is 2.68 bits per heavy atom. The third-order valence-electron chi connectivity index (χ3n) is 2.99. The highest BCUT2D eigenvalue weighted by molar-refractivity contribution is 5.83. The van der Waals surface area contributed by atoms with Gasteiger partial charge in [0.15, 0.2) is 6.04 Å². The first kappa shape index (κ1) is 13.2. The van der Waals surface area contributed by atoms with Gasteiger partial charge in [0, 0.05) is 6.04 Å². The lowest BCUT2D eigenvalue weighted by Crippen LogP contribution is -2.38. The third-order valence-corrected chi connectivity index (χ3v) is 2.99. The zero-order valence-electron chi connectivity index (χ0n) is 11.0. The van der Waals surface area contributed by atoms with Crippen LogP contribution in [0, 0.1) is 0 Å². The van der Waals surface area contributed by atoms with Crippen molar-refractivity contribution in [2.45, 2.75) is 32.4 Å². The maximum absolute atomic E-state index is 12.4. The molecule has 0 aliphatic rings. The van der Waals surface area contributed by atoms with Crippen LogP contribution in [0.25, 0.3) is 0 Å². The summed E-state index contributed by atoms with van der Waals surface area (Å²) in [6.07, 6.45) is 2.33. The average molecular weight is 259 g/mol. The lowest BCUT2D eigenvalue weighted by molar-refractivity contribution is -0.124. The van der Waals surface area contributed by atoms with Crippen LogP contribution in [0.5, 0.6) is 0 Å². The Morgan fingerprint density at radius 1 is 1.37 bits per heavy atom. The standard InChI is InChI=1S/C13H17N5O/c1-3-10(2)15-13(19)12(18-9-14-16-17-18)11-7-5-4-6-8-11/h4-10,12H,3H2,1-2H3,(H,15,19)/t10?,12-/m1/s1. The van der Waals surface area contributed by atoms with E-state index >= 15 is 0 Å². The summed E-state index contributed by atoms with van der Waals surface area (Å²) in [5.74, 6) is -0.104. The van der Waals surface area contributed by atoms with Gasteiger partial charge < -0.3 is 5.32 Å². The number of carbonyl (C=O) groups excluding carboxylic acids is 1. The Balaban J connectivity index is 2.28. The van der Waals surface area contributed by atoms with Gasteiger partial charge in [-0.15, -0.1) is 5.10 Å². The van der Waals surface area contributed by atoms with Gasteiger partial charge in [0.25, 0.3) is 0 Å². The second-order valence-electron chi connectivity index (χ2n) is 4.42. The fourth-order valence-electron chi connectivity index (χ4n) is 1.77. The summed E-state index contributed by atoms with van der Waals surface area (Å²) >= 11 is 0. The fourth-order valence-corrected chi connectivity index (χ4v) is 1.77. The molecule has 0 spiro atoms. The molecule has 6 heteroatoms. The number of hydrogen-bond acceptors (Lipinski definition) is 4. The van der Waals surface area contributed by atoms with Gasteiger partial charge in [-0.1, -0.05) is 37.3 Å². The smallest absolute Gasteiger partial charge is 0.249 e. The van der Waals surface area contributed by atoms with Crippen LogP contribution in [-0.4, -0.2) is 32.2 Å². The number of benzene rings is 1. The van der Waals surface area contributed by atoms with E-state index in [1.54, 1.807) is 0 Å². The van der Waals surface area contributed by atoms with Crippen LogP contribution in [0.2, 0.25) is 0 Å².